The highest BCUT2D eigenvalue weighted by atomic mass is 16.5. The fraction of sp³-hybridized carbons (Fsp3) is 0.174. The van der Waals surface area contributed by atoms with E-state index in [1.807, 2.05) is 42.5 Å². The van der Waals surface area contributed by atoms with Crippen LogP contribution in [-0.4, -0.2) is 34.6 Å². The standard InChI is InChI=1S/C23H20N4O/c1-27(15-18-13-16-7-2-5-11-21(16)28-18)23-19-9-3-4-10-20(19)25-22(26-23)17-8-6-12-24-14-17/h2-12,14,18H,13,15H2,1H3. The van der Waals surface area contributed by atoms with Crippen LogP contribution in [0.4, 0.5) is 5.82 Å². The van der Waals surface area contributed by atoms with Gasteiger partial charge in [0.05, 0.1) is 12.1 Å². The number of hydrogen-bond donors (Lipinski definition) is 0. The van der Waals surface area contributed by atoms with Gasteiger partial charge in [0.1, 0.15) is 17.7 Å². The first-order valence-electron chi connectivity index (χ1n) is 9.41. The van der Waals surface area contributed by atoms with Crippen LogP contribution in [-0.2, 0) is 6.42 Å². The first kappa shape index (κ1) is 16.7. The second kappa shape index (κ2) is 6.93. The lowest BCUT2D eigenvalue weighted by atomic mass is 10.1. The summed E-state index contributed by atoms with van der Waals surface area (Å²) < 4.78 is 6.13. The number of fused-ring (bicyclic) bond motifs is 2. The van der Waals surface area contributed by atoms with Gasteiger partial charge in [-0.1, -0.05) is 30.3 Å². The van der Waals surface area contributed by atoms with E-state index in [1.165, 1.54) is 5.56 Å². The fourth-order valence-electron chi connectivity index (χ4n) is 3.72. The summed E-state index contributed by atoms with van der Waals surface area (Å²) in [6, 6.07) is 20.3. The molecule has 28 heavy (non-hydrogen) atoms. The van der Waals surface area contributed by atoms with Crippen LogP contribution in [0.2, 0.25) is 0 Å². The largest absolute Gasteiger partial charge is 0.488 e. The van der Waals surface area contributed by atoms with Crippen LogP contribution in [0.3, 0.4) is 0 Å². The van der Waals surface area contributed by atoms with E-state index in [2.05, 4.69) is 35.1 Å². The Morgan fingerprint density at radius 2 is 1.86 bits per heavy atom. The number of nitrogens with zero attached hydrogens (tertiary/aromatic N) is 4. The molecule has 138 valence electrons. The number of ether oxygens (including phenoxy) is 1. The summed E-state index contributed by atoms with van der Waals surface area (Å²) in [5.74, 6) is 2.58. The van der Waals surface area contributed by atoms with Crippen LogP contribution in [0, 0.1) is 0 Å². The van der Waals surface area contributed by atoms with Crippen molar-refractivity contribution in [3.63, 3.8) is 0 Å². The van der Waals surface area contributed by atoms with E-state index >= 15 is 0 Å². The van der Waals surface area contributed by atoms with Crippen LogP contribution in [0.15, 0.2) is 73.1 Å². The number of rotatable bonds is 4. The van der Waals surface area contributed by atoms with Crippen molar-refractivity contribution in [2.75, 3.05) is 18.5 Å². The third-order valence-electron chi connectivity index (χ3n) is 5.06. The average molecular weight is 368 g/mol. The maximum atomic E-state index is 6.13. The Morgan fingerprint density at radius 3 is 2.71 bits per heavy atom. The molecule has 0 fully saturated rings. The van der Waals surface area contributed by atoms with Gasteiger partial charge in [0.15, 0.2) is 5.82 Å². The van der Waals surface area contributed by atoms with Crippen molar-refractivity contribution in [2.45, 2.75) is 12.5 Å². The molecule has 0 N–H and O–H groups in total. The SMILES string of the molecule is CN(CC1Cc2ccccc2O1)c1nc(-c2cccnc2)nc2ccccc12. The van der Waals surface area contributed by atoms with Gasteiger partial charge in [-0.15, -0.1) is 0 Å². The third-order valence-corrected chi connectivity index (χ3v) is 5.06. The number of anilines is 1. The summed E-state index contributed by atoms with van der Waals surface area (Å²) in [7, 11) is 2.06. The summed E-state index contributed by atoms with van der Waals surface area (Å²) >= 11 is 0. The Hall–Kier alpha value is -3.47. The normalized spacial score (nSPS) is 15.2. The lowest BCUT2D eigenvalue weighted by molar-refractivity contribution is 0.239. The lowest BCUT2D eigenvalue weighted by Gasteiger charge is -2.23. The van der Waals surface area contributed by atoms with Gasteiger partial charge in [-0.3, -0.25) is 4.98 Å². The molecule has 0 radical (unpaired) electrons. The molecule has 1 atom stereocenters. The second-order valence-electron chi connectivity index (χ2n) is 7.06. The quantitative estimate of drug-likeness (QED) is 0.542. The van der Waals surface area contributed by atoms with Crippen molar-refractivity contribution in [3.05, 3.63) is 78.6 Å². The zero-order chi connectivity index (χ0) is 18.9. The van der Waals surface area contributed by atoms with Crippen molar-refractivity contribution in [2.24, 2.45) is 0 Å². The van der Waals surface area contributed by atoms with E-state index in [-0.39, 0.29) is 6.10 Å². The van der Waals surface area contributed by atoms with Crippen LogP contribution < -0.4 is 9.64 Å². The second-order valence-corrected chi connectivity index (χ2v) is 7.06. The zero-order valence-corrected chi connectivity index (χ0v) is 15.6. The minimum absolute atomic E-state index is 0.109. The minimum Gasteiger partial charge on any atom is -0.488 e. The van der Waals surface area contributed by atoms with E-state index in [9.17, 15) is 0 Å². The minimum atomic E-state index is 0.109. The van der Waals surface area contributed by atoms with E-state index in [0.717, 1.165) is 41.0 Å². The molecular formula is C23H20N4O. The zero-order valence-electron chi connectivity index (χ0n) is 15.6. The monoisotopic (exact) mass is 368 g/mol. The van der Waals surface area contributed by atoms with Crippen LogP contribution in [0.25, 0.3) is 22.3 Å². The van der Waals surface area contributed by atoms with E-state index in [0.29, 0.717) is 5.82 Å². The van der Waals surface area contributed by atoms with Crippen molar-refractivity contribution < 1.29 is 4.74 Å². The number of pyridine rings is 1. The predicted octanol–water partition coefficient (Wildman–Crippen LogP) is 4.13. The maximum absolute atomic E-state index is 6.13. The Bertz CT molecular complexity index is 1100. The first-order chi connectivity index (χ1) is 13.8. The molecule has 2 aromatic carbocycles. The van der Waals surface area contributed by atoms with Gasteiger partial charge >= 0.3 is 0 Å². The van der Waals surface area contributed by atoms with Gasteiger partial charge in [-0.2, -0.15) is 0 Å². The molecule has 1 aliphatic heterocycles. The van der Waals surface area contributed by atoms with Gasteiger partial charge in [-0.25, -0.2) is 9.97 Å². The Morgan fingerprint density at radius 1 is 1.00 bits per heavy atom. The summed E-state index contributed by atoms with van der Waals surface area (Å²) in [5, 5.41) is 1.04. The molecule has 1 aliphatic rings. The number of aromatic nitrogens is 3. The third kappa shape index (κ3) is 3.05. The molecule has 0 spiro atoms. The van der Waals surface area contributed by atoms with Crippen LogP contribution in [0.5, 0.6) is 5.75 Å². The van der Waals surface area contributed by atoms with Gasteiger partial charge in [-0.05, 0) is 35.9 Å². The molecule has 0 amide bonds. The summed E-state index contributed by atoms with van der Waals surface area (Å²) in [6.45, 7) is 0.752. The summed E-state index contributed by atoms with van der Waals surface area (Å²) in [5.41, 5.74) is 3.10. The number of hydrogen-bond acceptors (Lipinski definition) is 5. The predicted molar refractivity (Wildman–Crippen MR) is 111 cm³/mol. The summed E-state index contributed by atoms with van der Waals surface area (Å²) in [4.78, 5) is 16.0. The molecule has 5 nitrogen and oxygen atoms in total. The first-order valence-corrected chi connectivity index (χ1v) is 9.41. The molecular weight excluding hydrogens is 348 g/mol. The topological polar surface area (TPSA) is 51.1 Å². The lowest BCUT2D eigenvalue weighted by Crippen LogP contribution is -2.32. The Labute approximate surface area is 163 Å². The smallest absolute Gasteiger partial charge is 0.163 e. The van der Waals surface area contributed by atoms with Crippen LogP contribution in [0.1, 0.15) is 5.56 Å². The van der Waals surface area contributed by atoms with Crippen molar-refractivity contribution in [1.29, 1.82) is 0 Å². The van der Waals surface area contributed by atoms with Crippen molar-refractivity contribution in [3.8, 4) is 17.1 Å². The molecule has 0 saturated heterocycles. The van der Waals surface area contributed by atoms with Crippen LogP contribution >= 0.6 is 0 Å². The summed E-state index contributed by atoms with van der Waals surface area (Å²) in [6.07, 6.45) is 4.58. The van der Waals surface area contributed by atoms with Gasteiger partial charge in [0.2, 0.25) is 0 Å². The molecule has 5 heteroatoms. The number of benzene rings is 2. The molecule has 2 aromatic heterocycles. The molecule has 0 saturated carbocycles. The molecule has 1 unspecified atom stereocenters. The fourth-order valence-corrected chi connectivity index (χ4v) is 3.72. The maximum Gasteiger partial charge on any atom is 0.163 e. The Balaban J connectivity index is 1.49. The van der Waals surface area contributed by atoms with Gasteiger partial charge < -0.3 is 9.64 Å². The molecule has 0 bridgehead atoms. The highest BCUT2D eigenvalue weighted by Gasteiger charge is 2.25. The van der Waals surface area contributed by atoms with Crippen molar-refractivity contribution >= 4 is 16.7 Å². The number of likely N-dealkylation sites (N-methyl/N-ethyl adjacent to an activating group) is 1. The molecule has 3 heterocycles. The van der Waals surface area contributed by atoms with Crippen molar-refractivity contribution in [1.82, 2.24) is 15.0 Å². The van der Waals surface area contributed by atoms with E-state index < -0.39 is 0 Å². The van der Waals surface area contributed by atoms with E-state index in [1.54, 1.807) is 12.4 Å². The van der Waals surface area contributed by atoms with E-state index in [4.69, 9.17) is 14.7 Å². The highest BCUT2D eigenvalue weighted by molar-refractivity contribution is 5.91. The van der Waals surface area contributed by atoms with Gasteiger partial charge in [0.25, 0.3) is 0 Å². The molecule has 0 aliphatic carbocycles. The highest BCUT2D eigenvalue weighted by Crippen LogP contribution is 2.31. The average Bonchev–Trinajstić information content (AvgIpc) is 3.15. The van der Waals surface area contributed by atoms with Gasteiger partial charge in [0, 0.05) is 36.8 Å². The Kier molecular flexibility index (Phi) is 4.13. The molecule has 5 rings (SSSR count). The number of para-hydroxylation sites is 2. The molecule has 4 aromatic rings.